The Labute approximate surface area is 144 Å². The van der Waals surface area contributed by atoms with Crippen LogP contribution in [0, 0.1) is 10.1 Å². The lowest BCUT2D eigenvalue weighted by Crippen LogP contribution is -2.07. The van der Waals surface area contributed by atoms with E-state index < -0.39 is 23.9 Å². The summed E-state index contributed by atoms with van der Waals surface area (Å²) in [6.45, 7) is -6.31. The lowest BCUT2D eigenvalue weighted by Gasteiger charge is -2.10. The van der Waals surface area contributed by atoms with Crippen LogP contribution < -0.4 is 14.9 Å². The van der Waals surface area contributed by atoms with Gasteiger partial charge in [-0.25, -0.2) is 0 Å². The second-order valence-electron chi connectivity index (χ2n) is 4.63. The maximum absolute atomic E-state index is 12.5. The zero-order chi connectivity index (χ0) is 19.1. The van der Waals surface area contributed by atoms with Crippen molar-refractivity contribution >= 4 is 17.6 Å². The van der Waals surface area contributed by atoms with Gasteiger partial charge in [-0.3, -0.25) is 15.5 Å². The lowest BCUT2D eigenvalue weighted by atomic mass is 10.2. The van der Waals surface area contributed by atoms with Gasteiger partial charge in [0.1, 0.15) is 11.5 Å². The molecule has 0 bridgehead atoms. The molecule has 0 fully saturated rings. The monoisotopic (exact) mass is 373 g/mol. The standard InChI is InChI=1S/C15H11F4N3O4/c16-14(17)25-12-5-4-9(13(7-12)26-15(18)19)8-20-21-10-2-1-3-11(6-10)22(23)24/h1-8,14-15,21H/b20-8-. The molecule has 0 saturated heterocycles. The van der Waals surface area contributed by atoms with Crippen LogP contribution in [0.25, 0.3) is 0 Å². The number of benzene rings is 2. The molecule has 0 radical (unpaired) electrons. The number of non-ortho nitro benzene ring substituents is 1. The van der Waals surface area contributed by atoms with Crippen molar-refractivity contribution in [1.82, 2.24) is 0 Å². The second kappa shape index (κ2) is 8.65. The molecular formula is C15H11F4N3O4. The number of nitrogens with one attached hydrogen (secondary N) is 1. The Bertz CT molecular complexity index is 802. The number of hydrazone groups is 1. The summed E-state index contributed by atoms with van der Waals surface area (Å²) in [5, 5.41) is 14.4. The smallest absolute Gasteiger partial charge is 0.387 e. The first-order valence-electron chi connectivity index (χ1n) is 6.92. The molecular weight excluding hydrogens is 362 g/mol. The van der Waals surface area contributed by atoms with E-state index in [1.165, 1.54) is 30.3 Å². The van der Waals surface area contributed by atoms with Gasteiger partial charge in [0.05, 0.1) is 16.8 Å². The van der Waals surface area contributed by atoms with Crippen LogP contribution in [-0.2, 0) is 0 Å². The highest BCUT2D eigenvalue weighted by Gasteiger charge is 2.12. The molecule has 0 heterocycles. The summed E-state index contributed by atoms with van der Waals surface area (Å²) in [5.41, 5.74) is 2.65. The van der Waals surface area contributed by atoms with Crippen molar-refractivity contribution < 1.29 is 32.0 Å². The van der Waals surface area contributed by atoms with Crippen molar-refractivity contribution in [3.8, 4) is 11.5 Å². The van der Waals surface area contributed by atoms with Gasteiger partial charge in [0.25, 0.3) is 5.69 Å². The summed E-state index contributed by atoms with van der Waals surface area (Å²) < 4.78 is 57.7. The summed E-state index contributed by atoms with van der Waals surface area (Å²) in [7, 11) is 0. The van der Waals surface area contributed by atoms with E-state index in [2.05, 4.69) is 20.0 Å². The Morgan fingerprint density at radius 2 is 1.81 bits per heavy atom. The molecule has 0 aliphatic rings. The Morgan fingerprint density at radius 3 is 2.46 bits per heavy atom. The average Bonchev–Trinajstić information content (AvgIpc) is 2.56. The van der Waals surface area contributed by atoms with E-state index in [1.54, 1.807) is 0 Å². The van der Waals surface area contributed by atoms with Crippen LogP contribution in [0.5, 0.6) is 11.5 Å². The van der Waals surface area contributed by atoms with Gasteiger partial charge < -0.3 is 9.47 Å². The van der Waals surface area contributed by atoms with E-state index in [-0.39, 0.29) is 22.7 Å². The first-order chi connectivity index (χ1) is 12.3. The Morgan fingerprint density at radius 1 is 1.08 bits per heavy atom. The van der Waals surface area contributed by atoms with Crippen LogP contribution in [0.3, 0.4) is 0 Å². The molecule has 0 atom stereocenters. The molecule has 2 aromatic rings. The highest BCUT2D eigenvalue weighted by Crippen LogP contribution is 2.26. The van der Waals surface area contributed by atoms with Gasteiger partial charge in [-0.2, -0.15) is 22.7 Å². The molecule has 0 saturated carbocycles. The number of rotatable bonds is 8. The second-order valence-corrected chi connectivity index (χ2v) is 4.63. The molecule has 1 N–H and O–H groups in total. The van der Waals surface area contributed by atoms with E-state index >= 15 is 0 Å². The predicted molar refractivity (Wildman–Crippen MR) is 84.0 cm³/mol. The molecule has 0 aromatic heterocycles. The fraction of sp³-hybridized carbons (Fsp3) is 0.133. The summed E-state index contributed by atoms with van der Waals surface area (Å²) in [5.74, 6) is -0.790. The van der Waals surface area contributed by atoms with Crippen molar-refractivity contribution in [3.63, 3.8) is 0 Å². The zero-order valence-corrected chi connectivity index (χ0v) is 12.8. The molecule has 2 aromatic carbocycles. The lowest BCUT2D eigenvalue weighted by molar-refractivity contribution is -0.384. The third-order valence-corrected chi connectivity index (χ3v) is 2.88. The van der Waals surface area contributed by atoms with Crippen LogP contribution in [0.2, 0.25) is 0 Å². The fourth-order valence-electron chi connectivity index (χ4n) is 1.86. The predicted octanol–water partition coefficient (Wildman–Crippen LogP) is 4.24. The van der Waals surface area contributed by atoms with Crippen LogP contribution in [0.1, 0.15) is 5.56 Å². The van der Waals surface area contributed by atoms with Crippen molar-refractivity contribution in [2.75, 3.05) is 5.43 Å². The number of halogens is 4. The third kappa shape index (κ3) is 5.61. The van der Waals surface area contributed by atoms with Gasteiger partial charge in [-0.1, -0.05) is 6.07 Å². The summed E-state index contributed by atoms with van der Waals surface area (Å²) in [6.07, 6.45) is 1.09. The summed E-state index contributed by atoms with van der Waals surface area (Å²) in [4.78, 5) is 10.1. The van der Waals surface area contributed by atoms with Gasteiger partial charge in [0.15, 0.2) is 0 Å². The number of nitrogens with zero attached hydrogens (tertiary/aromatic N) is 2. The van der Waals surface area contributed by atoms with E-state index in [9.17, 15) is 27.7 Å². The minimum absolute atomic E-state index is 0.0462. The molecule has 11 heteroatoms. The van der Waals surface area contributed by atoms with Gasteiger partial charge in [0.2, 0.25) is 0 Å². The largest absolute Gasteiger partial charge is 0.435 e. The molecule has 7 nitrogen and oxygen atoms in total. The average molecular weight is 373 g/mol. The molecule has 2 rings (SSSR count). The van der Waals surface area contributed by atoms with Crippen molar-refractivity contribution in [3.05, 3.63) is 58.1 Å². The number of hydrogen-bond acceptors (Lipinski definition) is 6. The molecule has 0 amide bonds. The number of alkyl halides is 4. The molecule has 0 unspecified atom stereocenters. The number of nitro groups is 1. The van der Waals surface area contributed by atoms with Crippen LogP contribution in [0.15, 0.2) is 47.6 Å². The van der Waals surface area contributed by atoms with Gasteiger partial charge in [0, 0.05) is 23.8 Å². The molecule has 0 aliphatic heterocycles. The SMILES string of the molecule is O=[N+]([O-])c1cccc(N/N=C\c2ccc(OC(F)F)cc2OC(F)F)c1. The van der Waals surface area contributed by atoms with Crippen LogP contribution in [-0.4, -0.2) is 24.4 Å². The van der Waals surface area contributed by atoms with E-state index in [4.69, 9.17) is 0 Å². The highest BCUT2D eigenvalue weighted by molar-refractivity contribution is 5.84. The maximum atomic E-state index is 12.5. The topological polar surface area (TPSA) is 86.0 Å². The number of hydrogen-bond donors (Lipinski definition) is 1. The fourth-order valence-corrected chi connectivity index (χ4v) is 1.86. The summed E-state index contributed by atoms with van der Waals surface area (Å²) >= 11 is 0. The Hall–Kier alpha value is -3.37. The highest BCUT2D eigenvalue weighted by atomic mass is 19.3. The molecule has 0 spiro atoms. The molecule has 0 aliphatic carbocycles. The third-order valence-electron chi connectivity index (χ3n) is 2.88. The van der Waals surface area contributed by atoms with E-state index in [0.29, 0.717) is 0 Å². The first kappa shape index (κ1) is 19.0. The number of ether oxygens (including phenoxy) is 2. The van der Waals surface area contributed by atoms with Crippen LogP contribution >= 0.6 is 0 Å². The van der Waals surface area contributed by atoms with Crippen LogP contribution in [0.4, 0.5) is 28.9 Å². The van der Waals surface area contributed by atoms with Crippen molar-refractivity contribution in [1.29, 1.82) is 0 Å². The minimum Gasteiger partial charge on any atom is -0.435 e. The quantitative estimate of drug-likeness (QED) is 0.324. The van der Waals surface area contributed by atoms with Gasteiger partial charge in [-0.05, 0) is 18.2 Å². The Balaban J connectivity index is 2.17. The van der Waals surface area contributed by atoms with Crippen molar-refractivity contribution in [2.24, 2.45) is 5.10 Å². The zero-order valence-electron chi connectivity index (χ0n) is 12.8. The van der Waals surface area contributed by atoms with E-state index in [0.717, 1.165) is 18.3 Å². The van der Waals surface area contributed by atoms with Crippen molar-refractivity contribution in [2.45, 2.75) is 13.2 Å². The normalized spacial score (nSPS) is 11.2. The molecule has 138 valence electrons. The van der Waals surface area contributed by atoms with Gasteiger partial charge in [-0.15, -0.1) is 0 Å². The number of nitro benzene ring substituents is 1. The minimum atomic E-state index is -3.19. The summed E-state index contributed by atoms with van der Waals surface area (Å²) in [6, 6.07) is 8.61. The van der Waals surface area contributed by atoms with E-state index in [1.807, 2.05) is 0 Å². The van der Waals surface area contributed by atoms with Gasteiger partial charge >= 0.3 is 13.2 Å². The first-order valence-corrected chi connectivity index (χ1v) is 6.92. The number of anilines is 1. The Kier molecular flexibility index (Phi) is 6.31. The maximum Gasteiger partial charge on any atom is 0.387 e. The molecule has 26 heavy (non-hydrogen) atoms.